The van der Waals surface area contributed by atoms with Gasteiger partial charge >= 0.3 is 0 Å². The Morgan fingerprint density at radius 3 is 2.19 bits per heavy atom. The van der Waals surface area contributed by atoms with Gasteiger partial charge in [0, 0.05) is 18.1 Å². The Labute approximate surface area is 178 Å². The number of nitrogens with two attached hydrogens (primary N) is 1. The molecule has 0 saturated carbocycles. The maximum Gasteiger partial charge on any atom is 0.217 e. The van der Waals surface area contributed by atoms with Crippen LogP contribution >= 0.6 is 0 Å². The van der Waals surface area contributed by atoms with Gasteiger partial charge in [-0.1, -0.05) is 12.1 Å². The first-order valence-electron chi connectivity index (χ1n) is 9.79. The van der Waals surface area contributed by atoms with Crippen LogP contribution in [0.5, 0.6) is 17.2 Å². The fraction of sp³-hybridized carbons (Fsp3) is 0.120. The first-order valence-corrected chi connectivity index (χ1v) is 9.79. The Balaban J connectivity index is 1.50. The van der Waals surface area contributed by atoms with E-state index in [1.165, 1.54) is 6.07 Å². The molecule has 6 heteroatoms. The van der Waals surface area contributed by atoms with Gasteiger partial charge in [0.25, 0.3) is 0 Å². The molecule has 2 N–H and O–H groups in total. The van der Waals surface area contributed by atoms with E-state index in [2.05, 4.69) is 0 Å². The number of primary amides is 1. The second-order valence-electron chi connectivity index (χ2n) is 7.07. The second kappa shape index (κ2) is 8.75. The average Bonchev–Trinajstić information content (AvgIpc) is 2.79. The predicted molar refractivity (Wildman–Crippen MR) is 119 cm³/mol. The standard InChI is InChI=1S/C25H21NO5/c1-29-20-11-12-23-21(14-20)22(27)15-24(31-23)17-5-9-19(10-6-17)30-18-7-2-16(3-8-18)4-13-25(26)28/h2-3,5-12,14-15H,4,13H2,1H3,(H2,26,28). The van der Waals surface area contributed by atoms with Crippen molar-refractivity contribution in [3.05, 3.63) is 88.6 Å². The van der Waals surface area contributed by atoms with Crippen molar-refractivity contribution in [1.29, 1.82) is 0 Å². The highest BCUT2D eigenvalue weighted by atomic mass is 16.5. The number of hydrogen-bond acceptors (Lipinski definition) is 5. The molecule has 0 unspecified atom stereocenters. The Hall–Kier alpha value is -4.06. The molecule has 0 spiro atoms. The Bertz CT molecular complexity index is 1270. The van der Waals surface area contributed by atoms with E-state index in [9.17, 15) is 9.59 Å². The van der Waals surface area contributed by atoms with Gasteiger partial charge in [0.15, 0.2) is 5.43 Å². The van der Waals surface area contributed by atoms with Gasteiger partial charge in [0.05, 0.1) is 12.5 Å². The van der Waals surface area contributed by atoms with Crippen LogP contribution < -0.4 is 20.6 Å². The molecular weight excluding hydrogens is 394 g/mol. The van der Waals surface area contributed by atoms with Gasteiger partial charge in [-0.05, 0) is 66.6 Å². The third-order valence-corrected chi connectivity index (χ3v) is 4.89. The summed E-state index contributed by atoms with van der Waals surface area (Å²) in [6.07, 6.45) is 0.925. The fourth-order valence-corrected chi connectivity index (χ4v) is 3.22. The summed E-state index contributed by atoms with van der Waals surface area (Å²) >= 11 is 0. The molecule has 4 rings (SSSR count). The topological polar surface area (TPSA) is 91.8 Å². The summed E-state index contributed by atoms with van der Waals surface area (Å²) in [5, 5.41) is 0.474. The minimum absolute atomic E-state index is 0.132. The number of carbonyl (C=O) groups excluding carboxylic acids is 1. The molecule has 1 aromatic heterocycles. The zero-order chi connectivity index (χ0) is 21.8. The largest absolute Gasteiger partial charge is 0.497 e. The van der Waals surface area contributed by atoms with E-state index in [1.807, 2.05) is 48.5 Å². The number of amides is 1. The van der Waals surface area contributed by atoms with Crippen LogP contribution in [0.2, 0.25) is 0 Å². The molecule has 31 heavy (non-hydrogen) atoms. The van der Waals surface area contributed by atoms with Crippen LogP contribution in [0.1, 0.15) is 12.0 Å². The lowest BCUT2D eigenvalue weighted by Crippen LogP contribution is -2.11. The van der Waals surface area contributed by atoms with Crippen LogP contribution in [0.25, 0.3) is 22.3 Å². The van der Waals surface area contributed by atoms with Crippen molar-refractivity contribution in [1.82, 2.24) is 0 Å². The van der Waals surface area contributed by atoms with E-state index in [4.69, 9.17) is 19.6 Å². The van der Waals surface area contributed by atoms with Gasteiger partial charge < -0.3 is 19.6 Å². The molecule has 0 bridgehead atoms. The molecule has 3 aromatic carbocycles. The Kier molecular flexibility index (Phi) is 5.71. The van der Waals surface area contributed by atoms with Crippen LogP contribution in [0.3, 0.4) is 0 Å². The molecule has 4 aromatic rings. The predicted octanol–water partition coefficient (Wildman–Crippen LogP) is 4.68. The highest BCUT2D eigenvalue weighted by Gasteiger charge is 2.09. The molecule has 0 saturated heterocycles. The van der Waals surface area contributed by atoms with Crippen molar-refractivity contribution in [2.75, 3.05) is 7.11 Å². The van der Waals surface area contributed by atoms with Gasteiger partial charge in [-0.3, -0.25) is 9.59 Å². The number of carbonyl (C=O) groups is 1. The summed E-state index contributed by atoms with van der Waals surface area (Å²) in [5.74, 6) is 2.11. The number of fused-ring (bicyclic) bond motifs is 1. The number of benzene rings is 3. The molecule has 0 aliphatic heterocycles. The summed E-state index contributed by atoms with van der Waals surface area (Å²) in [6.45, 7) is 0. The lowest BCUT2D eigenvalue weighted by atomic mass is 10.1. The molecule has 0 fully saturated rings. The van der Waals surface area contributed by atoms with E-state index in [1.54, 1.807) is 25.3 Å². The van der Waals surface area contributed by atoms with Crippen molar-refractivity contribution < 1.29 is 18.7 Å². The van der Waals surface area contributed by atoms with E-state index >= 15 is 0 Å². The van der Waals surface area contributed by atoms with Gasteiger partial charge in [-0.25, -0.2) is 0 Å². The van der Waals surface area contributed by atoms with Gasteiger partial charge in [-0.2, -0.15) is 0 Å². The smallest absolute Gasteiger partial charge is 0.217 e. The summed E-state index contributed by atoms with van der Waals surface area (Å²) in [6, 6.07) is 21.4. The van der Waals surface area contributed by atoms with Crippen molar-refractivity contribution in [3.63, 3.8) is 0 Å². The molecule has 0 atom stereocenters. The quantitative estimate of drug-likeness (QED) is 0.473. The summed E-state index contributed by atoms with van der Waals surface area (Å²) in [4.78, 5) is 23.4. The lowest BCUT2D eigenvalue weighted by Gasteiger charge is -2.08. The van der Waals surface area contributed by atoms with Crippen LogP contribution in [0, 0.1) is 0 Å². The van der Waals surface area contributed by atoms with Crippen molar-refractivity contribution >= 4 is 16.9 Å². The number of hydrogen-bond donors (Lipinski definition) is 1. The summed E-state index contributed by atoms with van der Waals surface area (Å²) < 4.78 is 17.0. The number of methoxy groups -OCH3 is 1. The summed E-state index contributed by atoms with van der Waals surface area (Å²) in [5.41, 5.74) is 7.34. The van der Waals surface area contributed by atoms with Crippen LogP contribution in [0.15, 0.2) is 82.0 Å². The average molecular weight is 415 g/mol. The van der Waals surface area contributed by atoms with Gasteiger partial charge in [-0.15, -0.1) is 0 Å². The normalized spacial score (nSPS) is 10.7. The molecule has 1 heterocycles. The van der Waals surface area contributed by atoms with Crippen molar-refractivity contribution in [3.8, 4) is 28.6 Å². The Morgan fingerprint density at radius 2 is 1.55 bits per heavy atom. The maximum absolute atomic E-state index is 12.5. The molecule has 1 amide bonds. The number of aryl methyl sites for hydroxylation is 1. The molecule has 0 aliphatic rings. The minimum atomic E-state index is -0.317. The maximum atomic E-state index is 12.5. The molecular formula is C25H21NO5. The molecule has 0 aliphatic carbocycles. The Morgan fingerprint density at radius 1 is 0.903 bits per heavy atom. The van der Waals surface area contributed by atoms with Gasteiger partial charge in [0.1, 0.15) is 28.6 Å². The SMILES string of the molecule is COc1ccc2oc(-c3ccc(Oc4ccc(CCC(N)=O)cc4)cc3)cc(=O)c2c1. The van der Waals surface area contributed by atoms with Crippen LogP contribution in [-0.2, 0) is 11.2 Å². The fourth-order valence-electron chi connectivity index (χ4n) is 3.22. The van der Waals surface area contributed by atoms with E-state index in [0.29, 0.717) is 46.8 Å². The van der Waals surface area contributed by atoms with Crippen molar-refractivity contribution in [2.24, 2.45) is 5.73 Å². The minimum Gasteiger partial charge on any atom is -0.497 e. The highest BCUT2D eigenvalue weighted by molar-refractivity contribution is 5.80. The molecule has 6 nitrogen and oxygen atoms in total. The zero-order valence-corrected chi connectivity index (χ0v) is 17.0. The zero-order valence-electron chi connectivity index (χ0n) is 17.0. The van der Waals surface area contributed by atoms with Gasteiger partial charge in [0.2, 0.25) is 5.91 Å². The van der Waals surface area contributed by atoms with Crippen LogP contribution in [0.4, 0.5) is 0 Å². The monoisotopic (exact) mass is 415 g/mol. The van der Waals surface area contributed by atoms with Crippen molar-refractivity contribution in [2.45, 2.75) is 12.8 Å². The summed E-state index contributed by atoms with van der Waals surface area (Å²) in [7, 11) is 1.55. The molecule has 0 radical (unpaired) electrons. The van der Waals surface area contributed by atoms with E-state index in [-0.39, 0.29) is 11.3 Å². The van der Waals surface area contributed by atoms with Crippen LogP contribution in [-0.4, -0.2) is 13.0 Å². The number of rotatable bonds is 7. The first-order chi connectivity index (χ1) is 15.0. The second-order valence-corrected chi connectivity index (χ2v) is 7.07. The highest BCUT2D eigenvalue weighted by Crippen LogP contribution is 2.28. The first kappa shape index (κ1) is 20.2. The van der Waals surface area contributed by atoms with E-state index < -0.39 is 0 Å². The molecule has 156 valence electrons. The number of ether oxygens (including phenoxy) is 2. The van der Waals surface area contributed by atoms with E-state index in [0.717, 1.165) is 11.1 Å². The third-order valence-electron chi connectivity index (χ3n) is 4.89. The lowest BCUT2D eigenvalue weighted by molar-refractivity contribution is -0.117. The third kappa shape index (κ3) is 4.75.